The van der Waals surface area contributed by atoms with Gasteiger partial charge in [0.05, 0.1) is 12.0 Å². The van der Waals surface area contributed by atoms with Crippen LogP contribution in [0.15, 0.2) is 0 Å². The number of aliphatic carboxylic acids is 1. The molecule has 1 fully saturated rings. The van der Waals surface area contributed by atoms with Crippen molar-refractivity contribution < 1.29 is 14.7 Å². The second-order valence-electron chi connectivity index (χ2n) is 6.19. The Labute approximate surface area is 115 Å². The number of carboxylic acid groups (broad SMARTS) is 1. The van der Waals surface area contributed by atoms with E-state index in [1.807, 2.05) is 32.6 Å². The summed E-state index contributed by atoms with van der Waals surface area (Å²) >= 11 is 0. The molecule has 5 heteroatoms. The van der Waals surface area contributed by atoms with Gasteiger partial charge in [0.25, 0.3) is 0 Å². The zero-order valence-electron chi connectivity index (χ0n) is 12.5. The standard InChI is InChI=1S/C14H26N2O3/c1-5-13(3,4)15-11(17)9-16-8-7-14(6-2,10-16)12(18)19/h5-10H2,1-4H3,(H,15,17)(H,18,19). The van der Waals surface area contributed by atoms with Gasteiger partial charge >= 0.3 is 5.97 Å². The van der Waals surface area contributed by atoms with Crippen LogP contribution in [0, 0.1) is 5.41 Å². The number of nitrogens with zero attached hydrogens (tertiary/aromatic N) is 1. The molecule has 110 valence electrons. The largest absolute Gasteiger partial charge is 0.481 e. The molecule has 5 nitrogen and oxygen atoms in total. The van der Waals surface area contributed by atoms with Crippen LogP contribution < -0.4 is 5.32 Å². The van der Waals surface area contributed by atoms with Crippen molar-refractivity contribution >= 4 is 11.9 Å². The minimum atomic E-state index is -0.744. The molecule has 1 unspecified atom stereocenters. The highest BCUT2D eigenvalue weighted by Crippen LogP contribution is 2.33. The van der Waals surface area contributed by atoms with Crippen LogP contribution in [0.3, 0.4) is 0 Å². The summed E-state index contributed by atoms with van der Waals surface area (Å²) in [6, 6.07) is 0. The average Bonchev–Trinajstić information content (AvgIpc) is 2.73. The first-order chi connectivity index (χ1) is 8.74. The number of amides is 1. The molecular formula is C14H26N2O3. The van der Waals surface area contributed by atoms with E-state index in [2.05, 4.69) is 5.32 Å². The van der Waals surface area contributed by atoms with Gasteiger partial charge in [-0.05, 0) is 39.7 Å². The molecular weight excluding hydrogens is 244 g/mol. The van der Waals surface area contributed by atoms with Crippen LogP contribution in [-0.4, -0.2) is 47.1 Å². The van der Waals surface area contributed by atoms with Crippen molar-refractivity contribution in [2.75, 3.05) is 19.6 Å². The Balaban J connectivity index is 2.53. The lowest BCUT2D eigenvalue weighted by Crippen LogP contribution is -2.47. The summed E-state index contributed by atoms with van der Waals surface area (Å²) in [5.41, 5.74) is -0.869. The van der Waals surface area contributed by atoms with Crippen molar-refractivity contribution in [3.8, 4) is 0 Å². The van der Waals surface area contributed by atoms with Crippen LogP contribution in [0.4, 0.5) is 0 Å². The molecule has 0 bridgehead atoms. The number of hydrogen-bond acceptors (Lipinski definition) is 3. The van der Waals surface area contributed by atoms with Crippen LogP contribution in [0.5, 0.6) is 0 Å². The van der Waals surface area contributed by atoms with Gasteiger partial charge < -0.3 is 10.4 Å². The summed E-state index contributed by atoms with van der Waals surface area (Å²) in [6.07, 6.45) is 2.11. The minimum Gasteiger partial charge on any atom is -0.481 e. The Hall–Kier alpha value is -1.10. The van der Waals surface area contributed by atoms with Gasteiger partial charge in [-0.25, -0.2) is 0 Å². The van der Waals surface area contributed by atoms with Gasteiger partial charge in [0, 0.05) is 12.1 Å². The average molecular weight is 270 g/mol. The molecule has 0 aromatic carbocycles. The molecule has 1 rings (SSSR count). The Morgan fingerprint density at radius 1 is 1.37 bits per heavy atom. The lowest BCUT2D eigenvalue weighted by Gasteiger charge is -2.27. The van der Waals surface area contributed by atoms with E-state index in [-0.39, 0.29) is 11.4 Å². The lowest BCUT2D eigenvalue weighted by molar-refractivity contribution is -0.148. The second kappa shape index (κ2) is 5.90. The van der Waals surface area contributed by atoms with E-state index < -0.39 is 11.4 Å². The smallest absolute Gasteiger partial charge is 0.310 e. The van der Waals surface area contributed by atoms with Crippen molar-refractivity contribution in [3.63, 3.8) is 0 Å². The van der Waals surface area contributed by atoms with Crippen molar-refractivity contribution in [3.05, 3.63) is 0 Å². The second-order valence-corrected chi connectivity index (χ2v) is 6.19. The normalized spacial score (nSPS) is 24.4. The van der Waals surface area contributed by atoms with Crippen LogP contribution in [0.25, 0.3) is 0 Å². The van der Waals surface area contributed by atoms with E-state index in [4.69, 9.17) is 0 Å². The highest BCUT2D eigenvalue weighted by Gasteiger charge is 2.43. The van der Waals surface area contributed by atoms with Crippen LogP contribution in [0.2, 0.25) is 0 Å². The predicted molar refractivity (Wildman–Crippen MR) is 73.9 cm³/mol. The van der Waals surface area contributed by atoms with E-state index >= 15 is 0 Å². The predicted octanol–water partition coefficient (Wildman–Crippen LogP) is 1.48. The summed E-state index contributed by atoms with van der Waals surface area (Å²) in [5, 5.41) is 12.3. The SMILES string of the molecule is CCC(C)(C)NC(=O)CN1CCC(CC)(C(=O)O)C1. The Morgan fingerprint density at radius 2 is 2.00 bits per heavy atom. The number of carbonyl (C=O) groups is 2. The molecule has 0 spiro atoms. The van der Waals surface area contributed by atoms with Gasteiger partial charge in [-0.3, -0.25) is 14.5 Å². The fourth-order valence-electron chi connectivity index (χ4n) is 2.42. The van der Waals surface area contributed by atoms with Crippen LogP contribution >= 0.6 is 0 Å². The van der Waals surface area contributed by atoms with E-state index in [0.717, 1.165) is 6.42 Å². The lowest BCUT2D eigenvalue weighted by atomic mass is 9.84. The third kappa shape index (κ3) is 3.93. The molecule has 0 aliphatic carbocycles. The topological polar surface area (TPSA) is 69.6 Å². The van der Waals surface area contributed by atoms with Gasteiger partial charge in [0.15, 0.2) is 0 Å². The van der Waals surface area contributed by atoms with Gasteiger partial charge in [-0.15, -0.1) is 0 Å². The van der Waals surface area contributed by atoms with Crippen molar-refractivity contribution in [1.29, 1.82) is 0 Å². The van der Waals surface area contributed by atoms with Crippen LogP contribution in [-0.2, 0) is 9.59 Å². The number of nitrogens with one attached hydrogen (secondary N) is 1. The number of rotatable bonds is 6. The maximum Gasteiger partial charge on any atom is 0.310 e. The Bertz CT molecular complexity index is 355. The molecule has 1 heterocycles. The highest BCUT2D eigenvalue weighted by molar-refractivity contribution is 5.79. The molecule has 1 amide bonds. The molecule has 1 aliphatic rings. The van der Waals surface area contributed by atoms with Gasteiger partial charge in [0.2, 0.25) is 5.91 Å². The van der Waals surface area contributed by atoms with E-state index in [0.29, 0.717) is 32.5 Å². The van der Waals surface area contributed by atoms with Gasteiger partial charge in [-0.2, -0.15) is 0 Å². The molecule has 0 saturated carbocycles. The van der Waals surface area contributed by atoms with Gasteiger partial charge in [0.1, 0.15) is 0 Å². The van der Waals surface area contributed by atoms with Crippen LogP contribution in [0.1, 0.15) is 47.0 Å². The maximum absolute atomic E-state index is 11.9. The summed E-state index contributed by atoms with van der Waals surface area (Å²) < 4.78 is 0. The molecule has 2 N–H and O–H groups in total. The number of likely N-dealkylation sites (tertiary alicyclic amines) is 1. The highest BCUT2D eigenvalue weighted by atomic mass is 16.4. The monoisotopic (exact) mass is 270 g/mol. The number of hydrogen-bond donors (Lipinski definition) is 2. The summed E-state index contributed by atoms with van der Waals surface area (Å²) in [7, 11) is 0. The summed E-state index contributed by atoms with van der Waals surface area (Å²) in [4.78, 5) is 25.2. The first kappa shape index (κ1) is 16.0. The zero-order chi connectivity index (χ0) is 14.7. The van der Waals surface area contributed by atoms with Crippen molar-refractivity contribution in [2.24, 2.45) is 5.41 Å². The number of carboxylic acids is 1. The molecule has 1 aliphatic heterocycles. The quantitative estimate of drug-likeness (QED) is 0.767. The minimum absolute atomic E-state index is 0.0239. The molecule has 19 heavy (non-hydrogen) atoms. The number of carbonyl (C=O) groups excluding carboxylic acids is 1. The zero-order valence-corrected chi connectivity index (χ0v) is 12.5. The van der Waals surface area contributed by atoms with Gasteiger partial charge in [-0.1, -0.05) is 13.8 Å². The third-order valence-corrected chi connectivity index (χ3v) is 4.29. The fourth-order valence-corrected chi connectivity index (χ4v) is 2.42. The Kier molecular flexibility index (Phi) is 4.96. The van der Waals surface area contributed by atoms with Crippen molar-refractivity contribution in [1.82, 2.24) is 10.2 Å². The van der Waals surface area contributed by atoms with Crippen molar-refractivity contribution in [2.45, 2.75) is 52.5 Å². The van der Waals surface area contributed by atoms with E-state index in [9.17, 15) is 14.7 Å². The van der Waals surface area contributed by atoms with E-state index in [1.54, 1.807) is 0 Å². The summed E-state index contributed by atoms with van der Waals surface area (Å²) in [5.74, 6) is -0.768. The molecule has 0 aromatic rings. The fraction of sp³-hybridized carbons (Fsp3) is 0.857. The van der Waals surface area contributed by atoms with E-state index in [1.165, 1.54) is 0 Å². The summed E-state index contributed by atoms with van der Waals surface area (Å²) in [6.45, 7) is 9.35. The maximum atomic E-state index is 11.9. The molecule has 0 aromatic heterocycles. The third-order valence-electron chi connectivity index (χ3n) is 4.29. The first-order valence-corrected chi connectivity index (χ1v) is 7.01. The molecule has 1 saturated heterocycles. The molecule has 1 atom stereocenters. The first-order valence-electron chi connectivity index (χ1n) is 7.01. The molecule has 0 radical (unpaired) electrons. The Morgan fingerprint density at radius 3 is 2.42 bits per heavy atom.